The summed E-state index contributed by atoms with van der Waals surface area (Å²) in [6.45, 7) is 8.29. The first kappa shape index (κ1) is 23.4. The van der Waals surface area contributed by atoms with E-state index in [2.05, 4.69) is 24.1 Å². The Kier molecular flexibility index (Phi) is 10.8. The number of rotatable bonds is 6. The molecule has 24 heavy (non-hydrogen) atoms. The van der Waals surface area contributed by atoms with E-state index in [0.29, 0.717) is 5.92 Å². The lowest BCUT2D eigenvalue weighted by molar-refractivity contribution is -0.384. The Morgan fingerprint density at radius 1 is 1.25 bits per heavy atom. The summed E-state index contributed by atoms with van der Waals surface area (Å²) >= 11 is 5.94. The summed E-state index contributed by atoms with van der Waals surface area (Å²) in [5.74, 6) is 0.618. The first-order chi connectivity index (χ1) is 10.5. The van der Waals surface area contributed by atoms with Crippen LogP contribution >= 0.6 is 36.4 Å². The molecule has 1 aliphatic heterocycles. The van der Waals surface area contributed by atoms with Crippen molar-refractivity contribution in [3.05, 3.63) is 38.9 Å². The van der Waals surface area contributed by atoms with Crippen molar-refractivity contribution in [1.82, 2.24) is 10.2 Å². The van der Waals surface area contributed by atoms with Crippen molar-refractivity contribution in [2.24, 2.45) is 5.92 Å². The highest BCUT2D eigenvalue weighted by Gasteiger charge is 2.24. The van der Waals surface area contributed by atoms with E-state index in [1.54, 1.807) is 12.1 Å². The summed E-state index contributed by atoms with van der Waals surface area (Å²) in [5.41, 5.74) is 1.00. The molecule has 138 valence electrons. The van der Waals surface area contributed by atoms with Gasteiger partial charge in [0.2, 0.25) is 0 Å². The van der Waals surface area contributed by atoms with Gasteiger partial charge in [0.25, 0.3) is 5.69 Å². The number of nitrogens with zero attached hydrogens (tertiary/aromatic N) is 2. The van der Waals surface area contributed by atoms with Crippen LogP contribution in [0.1, 0.15) is 38.3 Å². The van der Waals surface area contributed by atoms with Crippen molar-refractivity contribution in [3.63, 3.8) is 0 Å². The van der Waals surface area contributed by atoms with Crippen LogP contribution in [0.5, 0.6) is 0 Å². The molecule has 1 heterocycles. The molecule has 0 aliphatic carbocycles. The molecule has 8 heteroatoms. The molecule has 1 N–H and O–H groups in total. The number of nitrogens with one attached hydrogen (secondary N) is 1. The maximum Gasteiger partial charge on any atom is 0.288 e. The van der Waals surface area contributed by atoms with Crippen LogP contribution in [0, 0.1) is 16.0 Å². The number of nitro benzene ring substituents is 1. The fourth-order valence-electron chi connectivity index (χ4n) is 2.92. The Bertz CT molecular complexity index is 523. The summed E-state index contributed by atoms with van der Waals surface area (Å²) in [6.07, 6.45) is 2.11. The Hall–Kier alpha value is -0.590. The molecular formula is C16H26Cl3N3O2. The zero-order chi connectivity index (χ0) is 16.1. The lowest BCUT2D eigenvalue weighted by Gasteiger charge is -2.35. The minimum absolute atomic E-state index is 0. The third-order valence-corrected chi connectivity index (χ3v) is 4.48. The molecule has 0 unspecified atom stereocenters. The van der Waals surface area contributed by atoms with Crippen LogP contribution in [0.3, 0.4) is 0 Å². The summed E-state index contributed by atoms with van der Waals surface area (Å²) in [5, 5.41) is 14.7. The van der Waals surface area contributed by atoms with E-state index in [1.807, 2.05) is 6.07 Å². The fourth-order valence-corrected chi connectivity index (χ4v) is 3.11. The Morgan fingerprint density at radius 2 is 1.88 bits per heavy atom. The molecule has 0 bridgehead atoms. The van der Waals surface area contributed by atoms with Gasteiger partial charge in [0.05, 0.1) is 4.92 Å². The zero-order valence-electron chi connectivity index (χ0n) is 14.0. The van der Waals surface area contributed by atoms with Gasteiger partial charge >= 0.3 is 0 Å². The number of hydrogen-bond acceptors (Lipinski definition) is 4. The van der Waals surface area contributed by atoms with Gasteiger partial charge in [0.15, 0.2) is 0 Å². The molecule has 1 atom stereocenters. The third kappa shape index (κ3) is 6.37. The molecule has 5 nitrogen and oxygen atoms in total. The van der Waals surface area contributed by atoms with Crippen LogP contribution in [-0.4, -0.2) is 36.0 Å². The van der Waals surface area contributed by atoms with Crippen LogP contribution in [0.2, 0.25) is 5.02 Å². The van der Waals surface area contributed by atoms with Crippen molar-refractivity contribution in [1.29, 1.82) is 0 Å². The van der Waals surface area contributed by atoms with Gasteiger partial charge in [-0.15, -0.1) is 24.8 Å². The van der Waals surface area contributed by atoms with Crippen molar-refractivity contribution < 1.29 is 4.92 Å². The van der Waals surface area contributed by atoms with Crippen LogP contribution in [-0.2, 0) is 0 Å². The molecule has 0 radical (unpaired) electrons. The van der Waals surface area contributed by atoms with Gasteiger partial charge in [0, 0.05) is 38.3 Å². The van der Waals surface area contributed by atoms with Crippen molar-refractivity contribution in [3.8, 4) is 0 Å². The number of halogens is 3. The molecule has 1 aromatic rings. The van der Waals surface area contributed by atoms with Crippen molar-refractivity contribution >= 4 is 42.1 Å². The Labute approximate surface area is 161 Å². The second kappa shape index (κ2) is 11.1. The number of piperazine rings is 1. The van der Waals surface area contributed by atoms with E-state index >= 15 is 0 Å². The standard InChI is InChI=1S/C16H24ClN3O2.2ClH/c1-12(2)3-6-15(19-9-7-18-8-10-19)13-4-5-14(17)16(11-13)20(21)22;;/h4-5,11-12,15,18H,3,6-10H2,1-2H3;2*1H/t15-;;/m1../s1. The third-order valence-electron chi connectivity index (χ3n) is 4.16. The second-order valence-corrected chi connectivity index (χ2v) is 6.65. The first-order valence-electron chi connectivity index (χ1n) is 7.87. The van der Waals surface area contributed by atoms with Gasteiger partial charge in [0.1, 0.15) is 5.02 Å². The van der Waals surface area contributed by atoms with Crippen LogP contribution in [0.4, 0.5) is 5.69 Å². The van der Waals surface area contributed by atoms with Crippen LogP contribution < -0.4 is 5.32 Å². The van der Waals surface area contributed by atoms with Crippen LogP contribution in [0.25, 0.3) is 0 Å². The second-order valence-electron chi connectivity index (χ2n) is 6.24. The summed E-state index contributed by atoms with van der Waals surface area (Å²) in [6, 6.07) is 5.46. The van der Waals surface area contributed by atoms with Gasteiger partial charge in [-0.3, -0.25) is 15.0 Å². The minimum Gasteiger partial charge on any atom is -0.314 e. The fraction of sp³-hybridized carbons (Fsp3) is 0.625. The molecule has 1 aliphatic rings. The highest BCUT2D eigenvalue weighted by molar-refractivity contribution is 6.32. The Morgan fingerprint density at radius 3 is 2.42 bits per heavy atom. The number of nitro groups is 1. The zero-order valence-corrected chi connectivity index (χ0v) is 16.4. The quantitative estimate of drug-likeness (QED) is 0.567. The Balaban J connectivity index is 0.00000264. The predicted molar refractivity (Wildman–Crippen MR) is 104 cm³/mol. The van der Waals surface area contributed by atoms with E-state index in [1.165, 1.54) is 0 Å². The normalized spacial score (nSPS) is 16.2. The molecule has 0 aromatic heterocycles. The molecule has 1 aromatic carbocycles. The van der Waals surface area contributed by atoms with Crippen LogP contribution in [0.15, 0.2) is 18.2 Å². The largest absolute Gasteiger partial charge is 0.314 e. The summed E-state index contributed by atoms with van der Waals surface area (Å²) < 4.78 is 0. The van der Waals surface area contributed by atoms with Gasteiger partial charge < -0.3 is 5.32 Å². The number of hydrogen-bond donors (Lipinski definition) is 1. The molecular weight excluding hydrogens is 373 g/mol. The topological polar surface area (TPSA) is 58.4 Å². The maximum atomic E-state index is 11.1. The van der Waals surface area contributed by atoms with E-state index in [-0.39, 0.29) is 41.6 Å². The highest BCUT2D eigenvalue weighted by Crippen LogP contribution is 2.33. The summed E-state index contributed by atoms with van der Waals surface area (Å²) in [7, 11) is 0. The molecule has 0 amide bonds. The van der Waals surface area contributed by atoms with Gasteiger partial charge in [-0.25, -0.2) is 0 Å². The minimum atomic E-state index is -0.400. The smallest absolute Gasteiger partial charge is 0.288 e. The monoisotopic (exact) mass is 397 g/mol. The average molecular weight is 399 g/mol. The molecule has 1 saturated heterocycles. The lowest BCUT2D eigenvalue weighted by atomic mass is 9.95. The van der Waals surface area contributed by atoms with E-state index in [4.69, 9.17) is 11.6 Å². The SMILES string of the molecule is CC(C)CC[C@H](c1ccc(Cl)c([N+](=O)[O-])c1)N1CCNCC1.Cl.Cl. The van der Waals surface area contributed by atoms with Gasteiger partial charge in [-0.2, -0.15) is 0 Å². The van der Waals surface area contributed by atoms with Gasteiger partial charge in [-0.1, -0.05) is 31.5 Å². The molecule has 0 spiro atoms. The van der Waals surface area contributed by atoms with Crippen molar-refractivity contribution in [2.75, 3.05) is 26.2 Å². The van der Waals surface area contributed by atoms with Gasteiger partial charge in [-0.05, 0) is 30.4 Å². The van der Waals surface area contributed by atoms with E-state index in [0.717, 1.165) is 44.6 Å². The predicted octanol–water partition coefficient (Wildman–Crippen LogP) is 4.47. The average Bonchev–Trinajstić information content (AvgIpc) is 2.49. The molecule has 2 rings (SSSR count). The molecule has 0 saturated carbocycles. The maximum absolute atomic E-state index is 11.1. The molecule has 1 fully saturated rings. The number of benzene rings is 1. The first-order valence-corrected chi connectivity index (χ1v) is 8.25. The van der Waals surface area contributed by atoms with E-state index < -0.39 is 4.92 Å². The highest BCUT2D eigenvalue weighted by atomic mass is 35.5. The lowest BCUT2D eigenvalue weighted by Crippen LogP contribution is -2.45. The van der Waals surface area contributed by atoms with Crippen molar-refractivity contribution in [2.45, 2.75) is 32.7 Å². The van der Waals surface area contributed by atoms with E-state index in [9.17, 15) is 10.1 Å². The summed E-state index contributed by atoms with van der Waals surface area (Å²) in [4.78, 5) is 13.2.